The molecule has 0 bridgehead atoms. The second-order valence-corrected chi connectivity index (χ2v) is 6.77. The monoisotopic (exact) mass is 393 g/mol. The number of fused-ring (bicyclic) bond motifs is 1. The first kappa shape index (κ1) is 16.8. The zero-order valence-corrected chi connectivity index (χ0v) is 15.5. The quantitative estimate of drug-likeness (QED) is 0.847. The number of aryl methyl sites for hydroxylation is 1. The molecule has 1 aliphatic heterocycles. The summed E-state index contributed by atoms with van der Waals surface area (Å²) in [4.78, 5) is 12.3. The fourth-order valence-corrected chi connectivity index (χ4v) is 2.89. The molecule has 2 heterocycles. The van der Waals surface area contributed by atoms with Crippen LogP contribution in [0, 0.1) is 19.8 Å². The normalized spacial score (nSPS) is 13.8. The summed E-state index contributed by atoms with van der Waals surface area (Å²) >= 11 is 3.51. The molecule has 0 radical (unpaired) electrons. The molecule has 1 aliphatic rings. The molecule has 1 unspecified atom stereocenters. The minimum absolute atomic E-state index is 0.00339. The van der Waals surface area contributed by atoms with Crippen molar-refractivity contribution in [1.29, 1.82) is 0 Å². The summed E-state index contributed by atoms with van der Waals surface area (Å²) < 4.78 is 13.5. The molecule has 3 rings (SSSR count). The van der Waals surface area contributed by atoms with E-state index in [0.29, 0.717) is 13.1 Å². The Morgan fingerprint density at radius 3 is 2.83 bits per heavy atom. The van der Waals surface area contributed by atoms with Crippen LogP contribution in [0.5, 0.6) is 11.5 Å². The molecule has 0 saturated carbocycles. The van der Waals surface area contributed by atoms with E-state index in [1.807, 2.05) is 43.7 Å². The maximum Gasteiger partial charge on any atom is 0.231 e. The molecule has 0 spiro atoms. The van der Waals surface area contributed by atoms with Crippen LogP contribution in [-0.4, -0.2) is 22.5 Å². The largest absolute Gasteiger partial charge is 0.454 e. The molecule has 128 valence electrons. The van der Waals surface area contributed by atoms with Crippen LogP contribution in [0.25, 0.3) is 0 Å². The van der Waals surface area contributed by atoms with E-state index in [4.69, 9.17) is 9.47 Å². The van der Waals surface area contributed by atoms with E-state index >= 15 is 0 Å². The van der Waals surface area contributed by atoms with Gasteiger partial charge in [0, 0.05) is 12.2 Å². The Balaban J connectivity index is 1.57. The van der Waals surface area contributed by atoms with Crippen LogP contribution in [0.3, 0.4) is 0 Å². The van der Waals surface area contributed by atoms with E-state index in [1.54, 1.807) is 0 Å². The first-order chi connectivity index (χ1) is 11.5. The first-order valence-corrected chi connectivity index (χ1v) is 8.60. The number of halogens is 1. The number of aromatic nitrogens is 2. The highest BCUT2D eigenvalue weighted by atomic mass is 79.9. The van der Waals surface area contributed by atoms with Gasteiger partial charge < -0.3 is 14.8 Å². The van der Waals surface area contributed by atoms with Crippen molar-refractivity contribution in [2.75, 3.05) is 6.79 Å². The molecule has 1 atom stereocenters. The van der Waals surface area contributed by atoms with Gasteiger partial charge in [0.1, 0.15) is 0 Å². The molecule has 0 aliphatic carbocycles. The van der Waals surface area contributed by atoms with Gasteiger partial charge in [0.05, 0.1) is 22.6 Å². The number of rotatable bonds is 5. The molecule has 2 aromatic rings. The molecule has 0 saturated heterocycles. The van der Waals surface area contributed by atoms with Crippen molar-refractivity contribution in [3.63, 3.8) is 0 Å². The molecular weight excluding hydrogens is 374 g/mol. The summed E-state index contributed by atoms with van der Waals surface area (Å²) in [5, 5.41) is 7.41. The van der Waals surface area contributed by atoms with Crippen molar-refractivity contribution in [2.45, 2.75) is 33.9 Å². The Labute approximate surface area is 149 Å². The number of hydrogen-bond acceptors (Lipinski definition) is 4. The summed E-state index contributed by atoms with van der Waals surface area (Å²) in [6.45, 7) is 7.09. The average molecular weight is 394 g/mol. The SMILES string of the molecule is Cc1nn(CC(C)C(=O)NCc2ccc3c(c2)OCO3)c(C)c1Br. The Morgan fingerprint density at radius 1 is 1.38 bits per heavy atom. The molecule has 24 heavy (non-hydrogen) atoms. The first-order valence-electron chi connectivity index (χ1n) is 7.81. The Morgan fingerprint density at radius 2 is 2.12 bits per heavy atom. The van der Waals surface area contributed by atoms with E-state index in [-0.39, 0.29) is 18.6 Å². The van der Waals surface area contributed by atoms with Crippen molar-refractivity contribution >= 4 is 21.8 Å². The second kappa shape index (κ2) is 6.84. The number of ether oxygens (including phenoxy) is 2. The molecule has 7 heteroatoms. The zero-order valence-electron chi connectivity index (χ0n) is 13.9. The van der Waals surface area contributed by atoms with Crippen LogP contribution in [0.2, 0.25) is 0 Å². The third-order valence-corrected chi connectivity index (χ3v) is 5.24. The Bertz CT molecular complexity index is 773. The predicted molar refractivity (Wildman–Crippen MR) is 93.0 cm³/mol. The topological polar surface area (TPSA) is 65.4 Å². The number of carbonyl (C=O) groups is 1. The number of nitrogens with one attached hydrogen (secondary N) is 1. The molecule has 1 aromatic carbocycles. The van der Waals surface area contributed by atoms with Crippen molar-refractivity contribution in [3.8, 4) is 11.5 Å². The fraction of sp³-hybridized carbons (Fsp3) is 0.412. The lowest BCUT2D eigenvalue weighted by molar-refractivity contribution is -0.125. The standard InChI is InChI=1S/C17H20BrN3O3/c1-10(8-21-12(3)16(18)11(2)20-21)17(22)19-7-13-4-5-14-15(6-13)24-9-23-14/h4-6,10H,7-9H2,1-3H3,(H,19,22). The van der Waals surface area contributed by atoms with Crippen LogP contribution in [0.4, 0.5) is 0 Å². The number of benzene rings is 1. The van der Waals surface area contributed by atoms with Crippen LogP contribution in [0.15, 0.2) is 22.7 Å². The maximum absolute atomic E-state index is 12.3. The molecule has 1 N–H and O–H groups in total. The van der Waals surface area contributed by atoms with Crippen molar-refractivity contribution in [1.82, 2.24) is 15.1 Å². The minimum Gasteiger partial charge on any atom is -0.454 e. The number of amides is 1. The molecule has 1 amide bonds. The van der Waals surface area contributed by atoms with Crippen LogP contribution >= 0.6 is 15.9 Å². The van der Waals surface area contributed by atoms with Gasteiger partial charge in [-0.2, -0.15) is 5.10 Å². The highest BCUT2D eigenvalue weighted by molar-refractivity contribution is 9.10. The van der Waals surface area contributed by atoms with Gasteiger partial charge in [-0.15, -0.1) is 0 Å². The summed E-state index contributed by atoms with van der Waals surface area (Å²) in [6, 6.07) is 5.68. The second-order valence-electron chi connectivity index (χ2n) is 5.97. The van der Waals surface area contributed by atoms with Gasteiger partial charge in [-0.3, -0.25) is 9.48 Å². The van der Waals surface area contributed by atoms with Crippen molar-refractivity contribution in [3.05, 3.63) is 39.6 Å². The maximum atomic E-state index is 12.3. The van der Waals surface area contributed by atoms with E-state index < -0.39 is 0 Å². The van der Waals surface area contributed by atoms with Gasteiger partial charge in [-0.05, 0) is 47.5 Å². The number of nitrogens with zero attached hydrogens (tertiary/aromatic N) is 2. The molecule has 6 nitrogen and oxygen atoms in total. The summed E-state index contributed by atoms with van der Waals surface area (Å²) in [5.41, 5.74) is 2.94. The minimum atomic E-state index is -0.177. The van der Waals surface area contributed by atoms with Gasteiger partial charge in [0.25, 0.3) is 0 Å². The van der Waals surface area contributed by atoms with Gasteiger partial charge in [0.15, 0.2) is 11.5 Å². The van der Waals surface area contributed by atoms with Crippen LogP contribution in [0.1, 0.15) is 23.9 Å². The number of hydrogen-bond donors (Lipinski definition) is 1. The summed E-state index contributed by atoms with van der Waals surface area (Å²) in [6.07, 6.45) is 0. The van der Waals surface area contributed by atoms with Gasteiger partial charge in [-0.25, -0.2) is 0 Å². The Kier molecular flexibility index (Phi) is 4.80. The molecule has 0 fully saturated rings. The van der Waals surface area contributed by atoms with Crippen LogP contribution < -0.4 is 14.8 Å². The number of carbonyl (C=O) groups excluding carboxylic acids is 1. The van der Waals surface area contributed by atoms with Gasteiger partial charge in [0.2, 0.25) is 12.7 Å². The Hall–Kier alpha value is -2.02. The third-order valence-electron chi connectivity index (χ3n) is 4.09. The smallest absolute Gasteiger partial charge is 0.231 e. The van der Waals surface area contributed by atoms with Gasteiger partial charge in [-0.1, -0.05) is 13.0 Å². The summed E-state index contributed by atoms with van der Waals surface area (Å²) in [5.74, 6) is 1.29. The van der Waals surface area contributed by atoms with E-state index in [2.05, 4.69) is 26.3 Å². The zero-order chi connectivity index (χ0) is 17.3. The third kappa shape index (κ3) is 3.40. The lowest BCUT2D eigenvalue weighted by Gasteiger charge is -2.13. The van der Waals surface area contributed by atoms with Crippen LogP contribution in [-0.2, 0) is 17.9 Å². The highest BCUT2D eigenvalue weighted by Gasteiger charge is 2.18. The molecule has 1 aromatic heterocycles. The fourth-order valence-electron chi connectivity index (χ4n) is 2.61. The van der Waals surface area contributed by atoms with E-state index in [9.17, 15) is 4.79 Å². The van der Waals surface area contributed by atoms with Crippen molar-refractivity contribution in [2.24, 2.45) is 5.92 Å². The predicted octanol–water partition coefficient (Wildman–Crippen LogP) is 2.94. The molecular formula is C17H20BrN3O3. The summed E-state index contributed by atoms with van der Waals surface area (Å²) in [7, 11) is 0. The van der Waals surface area contributed by atoms with E-state index in [0.717, 1.165) is 32.9 Å². The highest BCUT2D eigenvalue weighted by Crippen LogP contribution is 2.32. The average Bonchev–Trinajstić information content (AvgIpc) is 3.13. The van der Waals surface area contributed by atoms with Gasteiger partial charge >= 0.3 is 0 Å². The van der Waals surface area contributed by atoms with Crippen molar-refractivity contribution < 1.29 is 14.3 Å². The van der Waals surface area contributed by atoms with E-state index in [1.165, 1.54) is 0 Å². The lowest BCUT2D eigenvalue weighted by Crippen LogP contribution is -2.31. The lowest BCUT2D eigenvalue weighted by atomic mass is 10.1.